The summed E-state index contributed by atoms with van der Waals surface area (Å²) in [5.74, 6) is 2.34. The van der Waals surface area contributed by atoms with Crippen LogP contribution in [-0.4, -0.2) is 36.7 Å². The van der Waals surface area contributed by atoms with Crippen molar-refractivity contribution < 1.29 is 18.8 Å². The minimum atomic E-state index is -0.00183. The average molecular weight is 344 g/mol. The first-order valence-electron chi connectivity index (χ1n) is 8.48. The SMILES string of the molecule is COc1ccc(OC)c([C@@H]2CCCN2C(=O)Cc2c(C)noc2C)c1. The maximum atomic E-state index is 12.9. The van der Waals surface area contributed by atoms with Crippen LogP contribution in [0.4, 0.5) is 0 Å². The number of ether oxygens (including phenoxy) is 2. The molecular formula is C19H24N2O4. The van der Waals surface area contributed by atoms with Crippen LogP contribution in [0.1, 0.15) is 41.5 Å². The van der Waals surface area contributed by atoms with Gasteiger partial charge in [0.25, 0.3) is 0 Å². The number of carbonyl (C=O) groups is 1. The predicted molar refractivity (Wildman–Crippen MR) is 92.9 cm³/mol. The highest BCUT2D eigenvalue weighted by Gasteiger charge is 2.32. The number of rotatable bonds is 5. The van der Waals surface area contributed by atoms with Crippen LogP contribution < -0.4 is 9.47 Å². The zero-order valence-electron chi connectivity index (χ0n) is 15.2. The Labute approximate surface area is 147 Å². The van der Waals surface area contributed by atoms with Gasteiger partial charge in [-0.1, -0.05) is 5.16 Å². The largest absolute Gasteiger partial charge is 0.497 e. The number of aromatic nitrogens is 1. The van der Waals surface area contributed by atoms with E-state index in [0.29, 0.717) is 12.2 Å². The van der Waals surface area contributed by atoms with Crippen LogP contribution in [0, 0.1) is 13.8 Å². The third-order valence-corrected chi connectivity index (χ3v) is 4.88. The summed E-state index contributed by atoms with van der Waals surface area (Å²) < 4.78 is 16.0. The second kappa shape index (κ2) is 7.17. The molecule has 1 amide bonds. The van der Waals surface area contributed by atoms with Gasteiger partial charge in [-0.25, -0.2) is 0 Å². The number of likely N-dealkylation sites (tertiary alicyclic amines) is 1. The van der Waals surface area contributed by atoms with Crippen LogP contribution >= 0.6 is 0 Å². The Morgan fingerprint density at radius 3 is 2.76 bits per heavy atom. The van der Waals surface area contributed by atoms with E-state index in [1.165, 1.54) is 0 Å². The minimum absolute atomic E-state index is 0.00183. The summed E-state index contributed by atoms with van der Waals surface area (Å²) in [6.45, 7) is 4.45. The number of benzene rings is 1. The van der Waals surface area contributed by atoms with Crippen molar-refractivity contribution in [2.24, 2.45) is 0 Å². The maximum absolute atomic E-state index is 12.9. The Balaban J connectivity index is 1.86. The molecule has 1 fully saturated rings. The molecule has 2 heterocycles. The van der Waals surface area contributed by atoms with Crippen molar-refractivity contribution in [3.05, 3.63) is 40.8 Å². The highest BCUT2D eigenvalue weighted by atomic mass is 16.5. The number of methoxy groups -OCH3 is 2. The van der Waals surface area contributed by atoms with Crippen molar-refractivity contribution in [2.45, 2.75) is 39.2 Å². The van der Waals surface area contributed by atoms with Crippen LogP contribution in [0.15, 0.2) is 22.7 Å². The van der Waals surface area contributed by atoms with Gasteiger partial charge < -0.3 is 18.9 Å². The number of nitrogens with zero attached hydrogens (tertiary/aromatic N) is 2. The zero-order valence-corrected chi connectivity index (χ0v) is 15.2. The van der Waals surface area contributed by atoms with Gasteiger partial charge >= 0.3 is 0 Å². The van der Waals surface area contributed by atoms with Gasteiger partial charge in [-0.3, -0.25) is 4.79 Å². The molecule has 0 N–H and O–H groups in total. The molecule has 1 aliphatic heterocycles. The number of aryl methyl sites for hydroxylation is 2. The van der Waals surface area contributed by atoms with E-state index in [1.54, 1.807) is 14.2 Å². The van der Waals surface area contributed by atoms with Gasteiger partial charge in [-0.2, -0.15) is 0 Å². The van der Waals surface area contributed by atoms with Crippen molar-refractivity contribution >= 4 is 5.91 Å². The Morgan fingerprint density at radius 2 is 2.12 bits per heavy atom. The molecule has 0 unspecified atom stereocenters. The summed E-state index contributed by atoms with van der Waals surface area (Å²) in [6.07, 6.45) is 2.19. The van der Waals surface area contributed by atoms with E-state index in [2.05, 4.69) is 5.16 Å². The second-order valence-electron chi connectivity index (χ2n) is 6.33. The molecule has 0 radical (unpaired) electrons. The topological polar surface area (TPSA) is 64.8 Å². The predicted octanol–water partition coefficient (Wildman–Crippen LogP) is 3.21. The van der Waals surface area contributed by atoms with E-state index in [4.69, 9.17) is 14.0 Å². The summed E-state index contributed by atoms with van der Waals surface area (Å²) in [6, 6.07) is 5.72. The summed E-state index contributed by atoms with van der Waals surface area (Å²) in [7, 11) is 3.29. The molecule has 1 saturated heterocycles. The van der Waals surface area contributed by atoms with Gasteiger partial charge in [-0.05, 0) is 44.9 Å². The Bertz CT molecular complexity index is 749. The average Bonchev–Trinajstić information content (AvgIpc) is 3.23. The first kappa shape index (κ1) is 17.3. The molecule has 134 valence electrons. The van der Waals surface area contributed by atoms with Crippen molar-refractivity contribution in [1.29, 1.82) is 0 Å². The molecule has 3 rings (SSSR count). The minimum Gasteiger partial charge on any atom is -0.497 e. The molecule has 0 bridgehead atoms. The Hall–Kier alpha value is -2.50. The molecule has 0 aliphatic carbocycles. The van der Waals surface area contributed by atoms with Crippen molar-refractivity contribution in [3.63, 3.8) is 0 Å². The first-order valence-corrected chi connectivity index (χ1v) is 8.48. The molecule has 25 heavy (non-hydrogen) atoms. The lowest BCUT2D eigenvalue weighted by Gasteiger charge is -2.26. The van der Waals surface area contributed by atoms with Gasteiger partial charge in [0.05, 0.1) is 32.4 Å². The summed E-state index contributed by atoms with van der Waals surface area (Å²) in [5, 5.41) is 3.94. The van der Waals surface area contributed by atoms with E-state index < -0.39 is 0 Å². The van der Waals surface area contributed by atoms with Crippen LogP contribution in [-0.2, 0) is 11.2 Å². The third-order valence-electron chi connectivity index (χ3n) is 4.88. The van der Waals surface area contributed by atoms with Gasteiger partial charge in [0.15, 0.2) is 0 Å². The van der Waals surface area contributed by atoms with Gasteiger partial charge in [0.1, 0.15) is 17.3 Å². The standard InChI is InChI=1S/C19H24N2O4/c1-12-15(13(2)25-20-12)11-19(22)21-9-5-6-17(21)16-10-14(23-3)7-8-18(16)24-4/h7-8,10,17H,5-6,9,11H2,1-4H3/t17-/m0/s1. The Kier molecular flexibility index (Phi) is 4.97. The molecule has 0 spiro atoms. The normalized spacial score (nSPS) is 17.0. The number of hydrogen-bond acceptors (Lipinski definition) is 5. The van der Waals surface area contributed by atoms with E-state index >= 15 is 0 Å². The van der Waals surface area contributed by atoms with Crippen molar-refractivity contribution in [1.82, 2.24) is 10.1 Å². The fraction of sp³-hybridized carbons (Fsp3) is 0.474. The molecule has 1 aromatic heterocycles. The lowest BCUT2D eigenvalue weighted by molar-refractivity contribution is -0.131. The van der Waals surface area contributed by atoms with E-state index in [9.17, 15) is 4.79 Å². The highest BCUT2D eigenvalue weighted by Crippen LogP contribution is 2.39. The fourth-order valence-corrected chi connectivity index (χ4v) is 3.50. The second-order valence-corrected chi connectivity index (χ2v) is 6.33. The van der Waals surface area contributed by atoms with Crippen LogP contribution in [0.5, 0.6) is 11.5 Å². The van der Waals surface area contributed by atoms with Crippen LogP contribution in [0.3, 0.4) is 0 Å². The molecular weight excluding hydrogens is 320 g/mol. The van der Waals surface area contributed by atoms with Crippen molar-refractivity contribution in [2.75, 3.05) is 20.8 Å². The lowest BCUT2D eigenvalue weighted by Crippen LogP contribution is -2.32. The number of carbonyl (C=O) groups excluding carboxylic acids is 1. The molecule has 6 heteroatoms. The zero-order chi connectivity index (χ0) is 18.0. The third kappa shape index (κ3) is 3.34. The highest BCUT2D eigenvalue weighted by molar-refractivity contribution is 5.80. The Morgan fingerprint density at radius 1 is 1.32 bits per heavy atom. The molecule has 6 nitrogen and oxygen atoms in total. The summed E-state index contributed by atoms with van der Waals surface area (Å²) in [4.78, 5) is 14.9. The summed E-state index contributed by atoms with van der Waals surface area (Å²) >= 11 is 0. The van der Waals surface area contributed by atoms with Crippen molar-refractivity contribution in [3.8, 4) is 11.5 Å². The van der Waals surface area contributed by atoms with Gasteiger partial charge in [0.2, 0.25) is 5.91 Å². The molecule has 1 aliphatic rings. The van der Waals surface area contributed by atoms with E-state index in [0.717, 1.165) is 47.7 Å². The van der Waals surface area contributed by atoms with E-state index in [1.807, 2.05) is 36.9 Å². The molecule has 1 aromatic carbocycles. The lowest BCUT2D eigenvalue weighted by atomic mass is 10.0. The fourth-order valence-electron chi connectivity index (χ4n) is 3.50. The molecule has 0 saturated carbocycles. The quantitative estimate of drug-likeness (QED) is 0.833. The maximum Gasteiger partial charge on any atom is 0.227 e. The van der Waals surface area contributed by atoms with E-state index in [-0.39, 0.29) is 11.9 Å². The van der Waals surface area contributed by atoms with Gasteiger partial charge in [0, 0.05) is 17.7 Å². The van der Waals surface area contributed by atoms with Crippen LogP contribution in [0.25, 0.3) is 0 Å². The molecule has 1 atom stereocenters. The molecule has 2 aromatic rings. The number of hydrogen-bond donors (Lipinski definition) is 0. The summed E-state index contributed by atoms with van der Waals surface area (Å²) in [5.41, 5.74) is 2.65. The smallest absolute Gasteiger partial charge is 0.227 e. The first-order chi connectivity index (χ1) is 12.0. The monoisotopic (exact) mass is 344 g/mol. The van der Waals surface area contributed by atoms with Crippen LogP contribution in [0.2, 0.25) is 0 Å². The van der Waals surface area contributed by atoms with Gasteiger partial charge in [-0.15, -0.1) is 0 Å². The number of amides is 1.